The van der Waals surface area contributed by atoms with Crippen molar-refractivity contribution >= 4 is 12.6 Å². The van der Waals surface area contributed by atoms with Crippen molar-refractivity contribution in [2.75, 3.05) is 13.6 Å². The number of hydrogen-bond donors (Lipinski definition) is 1. The number of aromatic nitrogens is 1. The smallest absolute Gasteiger partial charge is 0.253 e. The van der Waals surface area contributed by atoms with Crippen molar-refractivity contribution < 1.29 is 23.4 Å². The molecule has 0 saturated carbocycles. The normalized spacial score (nSPS) is 14.2. The lowest BCUT2D eigenvalue weighted by molar-refractivity contribution is 0.173. The van der Waals surface area contributed by atoms with Crippen LogP contribution in [0.3, 0.4) is 0 Å². The van der Waals surface area contributed by atoms with E-state index in [0.717, 1.165) is 16.9 Å². The predicted octanol–water partition coefficient (Wildman–Crippen LogP) is 3.75. The third kappa shape index (κ3) is 2.09. The van der Waals surface area contributed by atoms with Gasteiger partial charge in [-0.1, -0.05) is 12.6 Å². The molecule has 0 amide bonds. The molecule has 0 bridgehead atoms. The summed E-state index contributed by atoms with van der Waals surface area (Å²) in [6.45, 7) is 0.451. The first-order valence-corrected chi connectivity index (χ1v) is 7.72. The minimum Gasteiger partial charge on any atom is -0.454 e. The Kier molecular flexibility index (Phi) is 2.90. The molecule has 2 aliphatic heterocycles. The van der Waals surface area contributed by atoms with E-state index in [1.807, 2.05) is 36.4 Å². The second kappa shape index (κ2) is 5.10. The van der Waals surface area contributed by atoms with Crippen LogP contribution in [0.2, 0.25) is 0 Å². The molecule has 7 heteroatoms. The lowest BCUT2D eigenvalue weighted by atomic mass is 10.0. The van der Waals surface area contributed by atoms with Gasteiger partial charge >= 0.3 is 0 Å². The number of rotatable bonds is 2. The molecular formula is C17H11NO5S. The van der Waals surface area contributed by atoms with Crippen LogP contribution in [0.15, 0.2) is 46.0 Å². The molecule has 3 aromatic rings. The van der Waals surface area contributed by atoms with Gasteiger partial charge in [0.1, 0.15) is 5.69 Å². The zero-order valence-corrected chi connectivity index (χ0v) is 13.2. The molecule has 5 rings (SSSR count). The summed E-state index contributed by atoms with van der Waals surface area (Å²) in [6, 6.07) is 11.3. The average Bonchev–Trinajstić information content (AvgIpc) is 3.32. The molecule has 0 aliphatic carbocycles. The van der Waals surface area contributed by atoms with Gasteiger partial charge in [0, 0.05) is 11.1 Å². The van der Waals surface area contributed by atoms with Crippen LogP contribution >= 0.6 is 12.6 Å². The van der Waals surface area contributed by atoms with Crippen LogP contribution in [0, 0.1) is 0 Å². The number of thiol groups is 1. The first-order chi connectivity index (χ1) is 11.8. The summed E-state index contributed by atoms with van der Waals surface area (Å²) in [5, 5.41) is 0.287. The molecule has 0 fully saturated rings. The van der Waals surface area contributed by atoms with Crippen LogP contribution in [-0.2, 0) is 0 Å². The van der Waals surface area contributed by atoms with Gasteiger partial charge in [-0.2, -0.15) is 0 Å². The fourth-order valence-corrected chi connectivity index (χ4v) is 2.97. The SMILES string of the molecule is Sc1nc(-c2ccc3c(c2)OCO3)c(-c2ccc3c(c2)OCO3)o1. The maximum atomic E-state index is 5.72. The molecule has 2 aromatic carbocycles. The fraction of sp³-hybridized carbons (Fsp3) is 0.118. The Labute approximate surface area is 142 Å². The van der Waals surface area contributed by atoms with E-state index in [1.165, 1.54) is 0 Å². The first kappa shape index (κ1) is 13.6. The highest BCUT2D eigenvalue weighted by atomic mass is 32.1. The molecule has 6 nitrogen and oxygen atoms in total. The zero-order chi connectivity index (χ0) is 16.1. The number of nitrogens with zero attached hydrogens (tertiary/aromatic N) is 1. The maximum Gasteiger partial charge on any atom is 0.253 e. The Bertz CT molecular complexity index is 877. The van der Waals surface area contributed by atoms with Crippen LogP contribution in [0.1, 0.15) is 0 Å². The lowest BCUT2D eigenvalue weighted by Gasteiger charge is -2.04. The minimum absolute atomic E-state index is 0.224. The van der Waals surface area contributed by atoms with Gasteiger partial charge in [-0.05, 0) is 36.4 Å². The van der Waals surface area contributed by atoms with Gasteiger partial charge in [-0.15, -0.1) is 0 Å². The summed E-state index contributed by atoms with van der Waals surface area (Å²) in [7, 11) is 0. The van der Waals surface area contributed by atoms with Crippen molar-refractivity contribution in [3.63, 3.8) is 0 Å². The second-order valence-corrected chi connectivity index (χ2v) is 5.69. The van der Waals surface area contributed by atoms with E-state index in [-0.39, 0.29) is 18.8 Å². The van der Waals surface area contributed by atoms with Crippen molar-refractivity contribution in [1.82, 2.24) is 4.98 Å². The van der Waals surface area contributed by atoms with E-state index in [4.69, 9.17) is 23.4 Å². The first-order valence-electron chi connectivity index (χ1n) is 7.28. The summed E-state index contributed by atoms with van der Waals surface area (Å²) in [5.41, 5.74) is 2.37. The zero-order valence-electron chi connectivity index (χ0n) is 12.3. The summed E-state index contributed by atoms with van der Waals surface area (Å²) in [4.78, 5) is 4.41. The number of oxazole rings is 1. The molecular weight excluding hydrogens is 330 g/mol. The average molecular weight is 341 g/mol. The van der Waals surface area contributed by atoms with Crippen LogP contribution < -0.4 is 18.9 Å². The van der Waals surface area contributed by atoms with Gasteiger partial charge in [-0.3, -0.25) is 0 Å². The van der Waals surface area contributed by atoms with E-state index in [0.29, 0.717) is 28.7 Å². The van der Waals surface area contributed by atoms with Crippen molar-refractivity contribution in [1.29, 1.82) is 0 Å². The van der Waals surface area contributed by atoms with Gasteiger partial charge in [0.15, 0.2) is 28.8 Å². The molecule has 0 spiro atoms. The number of ether oxygens (including phenoxy) is 4. The number of hydrogen-bond acceptors (Lipinski definition) is 7. The molecule has 0 unspecified atom stereocenters. The van der Waals surface area contributed by atoms with Crippen molar-refractivity contribution in [2.45, 2.75) is 5.22 Å². The topological polar surface area (TPSA) is 63.0 Å². The molecule has 0 radical (unpaired) electrons. The van der Waals surface area contributed by atoms with Crippen LogP contribution in [0.4, 0.5) is 0 Å². The third-order valence-electron chi connectivity index (χ3n) is 3.90. The Balaban J connectivity index is 1.63. The molecule has 120 valence electrons. The Morgan fingerprint density at radius 2 is 1.33 bits per heavy atom. The molecule has 0 saturated heterocycles. The van der Waals surface area contributed by atoms with Crippen LogP contribution in [0.25, 0.3) is 22.6 Å². The molecule has 3 heterocycles. The van der Waals surface area contributed by atoms with Crippen LogP contribution in [0.5, 0.6) is 23.0 Å². The molecule has 0 atom stereocenters. The fourth-order valence-electron chi connectivity index (χ4n) is 2.78. The lowest BCUT2D eigenvalue weighted by Crippen LogP contribution is -1.92. The van der Waals surface area contributed by atoms with Crippen molar-refractivity contribution in [3.05, 3.63) is 36.4 Å². The highest BCUT2D eigenvalue weighted by molar-refractivity contribution is 7.80. The van der Waals surface area contributed by atoms with Gasteiger partial charge in [-0.25, -0.2) is 4.98 Å². The third-order valence-corrected chi connectivity index (χ3v) is 4.09. The molecule has 0 N–H and O–H groups in total. The largest absolute Gasteiger partial charge is 0.454 e. The quantitative estimate of drug-likeness (QED) is 0.716. The molecule has 24 heavy (non-hydrogen) atoms. The summed E-state index contributed by atoms with van der Waals surface area (Å²) in [5.74, 6) is 3.42. The van der Waals surface area contributed by atoms with E-state index < -0.39 is 0 Å². The van der Waals surface area contributed by atoms with Crippen molar-refractivity contribution in [2.24, 2.45) is 0 Å². The van der Waals surface area contributed by atoms with Gasteiger partial charge in [0.05, 0.1) is 0 Å². The van der Waals surface area contributed by atoms with Gasteiger partial charge in [0.2, 0.25) is 13.6 Å². The molecule has 2 aliphatic rings. The maximum absolute atomic E-state index is 5.72. The second-order valence-electron chi connectivity index (χ2n) is 5.31. The van der Waals surface area contributed by atoms with E-state index in [1.54, 1.807) is 0 Å². The van der Waals surface area contributed by atoms with E-state index in [9.17, 15) is 0 Å². The molecule has 1 aromatic heterocycles. The van der Waals surface area contributed by atoms with Crippen molar-refractivity contribution in [3.8, 4) is 45.6 Å². The summed E-state index contributed by atoms with van der Waals surface area (Å²) < 4.78 is 27.3. The monoisotopic (exact) mass is 341 g/mol. The summed E-state index contributed by atoms with van der Waals surface area (Å²) in [6.07, 6.45) is 0. The van der Waals surface area contributed by atoms with Crippen LogP contribution in [-0.4, -0.2) is 18.6 Å². The Morgan fingerprint density at radius 3 is 2.04 bits per heavy atom. The minimum atomic E-state index is 0.224. The number of benzene rings is 2. The van der Waals surface area contributed by atoms with E-state index in [2.05, 4.69) is 17.6 Å². The van der Waals surface area contributed by atoms with Gasteiger partial charge in [0.25, 0.3) is 5.22 Å². The number of fused-ring (bicyclic) bond motifs is 2. The highest BCUT2D eigenvalue weighted by Crippen LogP contribution is 2.42. The Morgan fingerprint density at radius 1 is 0.750 bits per heavy atom. The standard InChI is InChI=1S/C17H11NO5S/c24-17-18-15(9-1-3-11-13(5-9)21-7-19-11)16(23-17)10-2-4-12-14(6-10)22-8-20-12/h1-6H,7-8H2,(H,18,24). The highest BCUT2D eigenvalue weighted by Gasteiger charge is 2.22. The predicted molar refractivity (Wildman–Crippen MR) is 86.9 cm³/mol. The summed E-state index contributed by atoms with van der Waals surface area (Å²) >= 11 is 4.25. The Hall–Kier alpha value is -2.80. The van der Waals surface area contributed by atoms with E-state index >= 15 is 0 Å². The van der Waals surface area contributed by atoms with Gasteiger partial charge < -0.3 is 23.4 Å².